The van der Waals surface area contributed by atoms with Gasteiger partial charge < -0.3 is 5.11 Å². The van der Waals surface area contributed by atoms with E-state index in [0.717, 1.165) is 17.1 Å². The lowest BCUT2D eigenvalue weighted by Gasteiger charge is -2.23. The average molecular weight is 325 g/mol. The van der Waals surface area contributed by atoms with E-state index in [1.54, 1.807) is 11.3 Å². The number of rotatable bonds is 7. The second-order valence-electron chi connectivity index (χ2n) is 5.06. The van der Waals surface area contributed by atoms with Crippen molar-refractivity contribution in [1.29, 1.82) is 0 Å². The number of aromatic nitrogens is 3. The second kappa shape index (κ2) is 7.09. The van der Waals surface area contributed by atoms with Crippen LogP contribution in [-0.2, 0) is 4.79 Å². The molecule has 114 valence electrons. The Balaban J connectivity index is 2.44. The van der Waals surface area contributed by atoms with Gasteiger partial charge in [-0.3, -0.25) is 9.36 Å². The van der Waals surface area contributed by atoms with Gasteiger partial charge in [-0.15, -0.1) is 21.5 Å². The van der Waals surface area contributed by atoms with Gasteiger partial charge in [0.15, 0.2) is 11.0 Å². The lowest BCUT2D eigenvalue weighted by molar-refractivity contribution is -0.133. The third kappa shape index (κ3) is 3.65. The van der Waals surface area contributed by atoms with Gasteiger partial charge in [0, 0.05) is 6.04 Å². The first-order chi connectivity index (χ1) is 10.0. The van der Waals surface area contributed by atoms with Crippen LogP contribution in [-0.4, -0.2) is 31.6 Å². The molecule has 1 atom stereocenters. The highest BCUT2D eigenvalue weighted by atomic mass is 32.2. The zero-order valence-electron chi connectivity index (χ0n) is 12.3. The fraction of sp³-hybridized carbons (Fsp3) is 0.500. The molecule has 2 heterocycles. The summed E-state index contributed by atoms with van der Waals surface area (Å²) in [5.41, 5.74) is 0. The van der Waals surface area contributed by atoms with Crippen molar-refractivity contribution in [2.24, 2.45) is 5.92 Å². The summed E-state index contributed by atoms with van der Waals surface area (Å²) in [4.78, 5) is 11.9. The van der Waals surface area contributed by atoms with E-state index in [-0.39, 0.29) is 11.8 Å². The molecule has 0 saturated heterocycles. The molecule has 0 amide bonds. The smallest absolute Gasteiger partial charge is 0.313 e. The van der Waals surface area contributed by atoms with Gasteiger partial charge >= 0.3 is 5.97 Å². The standard InChI is InChI=1S/C14H19N3O2S2/c1-4-10(9(2)3)17-13(11-6-5-7-20-11)15-16-14(17)21-8-12(18)19/h5-7,9-10H,4,8H2,1-3H3,(H,18,19). The average Bonchev–Trinajstić information content (AvgIpc) is 3.05. The van der Waals surface area contributed by atoms with Crippen LogP contribution in [0.3, 0.4) is 0 Å². The molecule has 1 N–H and O–H groups in total. The molecule has 2 aromatic rings. The van der Waals surface area contributed by atoms with E-state index in [9.17, 15) is 4.79 Å². The van der Waals surface area contributed by atoms with Crippen LogP contribution in [0.2, 0.25) is 0 Å². The summed E-state index contributed by atoms with van der Waals surface area (Å²) in [5.74, 6) is 0.411. The van der Waals surface area contributed by atoms with E-state index in [1.807, 2.05) is 17.5 Å². The maximum Gasteiger partial charge on any atom is 0.313 e. The Labute approximate surface area is 132 Å². The summed E-state index contributed by atoms with van der Waals surface area (Å²) in [5, 5.41) is 20.1. The largest absolute Gasteiger partial charge is 0.481 e. The Kier molecular flexibility index (Phi) is 5.41. The number of hydrogen-bond donors (Lipinski definition) is 1. The molecule has 0 saturated carbocycles. The van der Waals surface area contributed by atoms with Crippen molar-refractivity contribution < 1.29 is 9.90 Å². The highest BCUT2D eigenvalue weighted by molar-refractivity contribution is 7.99. The molecule has 21 heavy (non-hydrogen) atoms. The number of aliphatic carboxylic acids is 1. The van der Waals surface area contributed by atoms with Crippen molar-refractivity contribution in [3.63, 3.8) is 0 Å². The summed E-state index contributed by atoms with van der Waals surface area (Å²) in [6, 6.07) is 4.26. The highest BCUT2D eigenvalue weighted by Gasteiger charge is 2.24. The van der Waals surface area contributed by atoms with Crippen molar-refractivity contribution in [2.75, 3.05) is 5.75 Å². The summed E-state index contributed by atoms with van der Waals surface area (Å²) in [6.45, 7) is 6.46. The van der Waals surface area contributed by atoms with Gasteiger partial charge in [0.25, 0.3) is 0 Å². The molecule has 0 fully saturated rings. The highest BCUT2D eigenvalue weighted by Crippen LogP contribution is 2.34. The van der Waals surface area contributed by atoms with Crippen molar-refractivity contribution >= 4 is 29.1 Å². The molecule has 7 heteroatoms. The molecule has 0 aliphatic heterocycles. The zero-order chi connectivity index (χ0) is 15.4. The van der Waals surface area contributed by atoms with Gasteiger partial charge in [0.05, 0.1) is 10.6 Å². The Bertz CT molecular complexity index is 593. The normalized spacial score (nSPS) is 12.8. The van der Waals surface area contributed by atoms with Gasteiger partial charge in [-0.1, -0.05) is 38.6 Å². The molecule has 0 aliphatic rings. The minimum atomic E-state index is -0.843. The van der Waals surface area contributed by atoms with Gasteiger partial charge in [-0.2, -0.15) is 0 Å². The number of carboxylic acid groups (broad SMARTS) is 1. The first-order valence-electron chi connectivity index (χ1n) is 6.88. The number of hydrogen-bond acceptors (Lipinski definition) is 5. The van der Waals surface area contributed by atoms with E-state index in [1.165, 1.54) is 11.8 Å². The van der Waals surface area contributed by atoms with E-state index in [4.69, 9.17) is 5.11 Å². The molecule has 0 aliphatic carbocycles. The van der Waals surface area contributed by atoms with Gasteiger partial charge in [0.1, 0.15) is 0 Å². The van der Waals surface area contributed by atoms with E-state index in [0.29, 0.717) is 11.1 Å². The number of thiophene rings is 1. The van der Waals surface area contributed by atoms with Crippen molar-refractivity contribution in [2.45, 2.75) is 38.4 Å². The summed E-state index contributed by atoms with van der Waals surface area (Å²) in [6.07, 6.45) is 0.953. The molecular weight excluding hydrogens is 306 g/mol. The first kappa shape index (κ1) is 16.0. The fourth-order valence-corrected chi connectivity index (χ4v) is 3.74. The number of nitrogens with zero attached hydrogens (tertiary/aromatic N) is 3. The molecule has 0 radical (unpaired) electrons. The van der Waals surface area contributed by atoms with E-state index < -0.39 is 5.97 Å². The lowest BCUT2D eigenvalue weighted by Crippen LogP contribution is -2.17. The van der Waals surface area contributed by atoms with Crippen molar-refractivity contribution in [3.8, 4) is 10.7 Å². The zero-order valence-corrected chi connectivity index (χ0v) is 13.9. The van der Waals surface area contributed by atoms with Crippen LogP contribution in [0.5, 0.6) is 0 Å². The monoisotopic (exact) mass is 325 g/mol. The van der Waals surface area contributed by atoms with Crippen molar-refractivity contribution in [3.05, 3.63) is 17.5 Å². The van der Waals surface area contributed by atoms with Gasteiger partial charge in [0.2, 0.25) is 0 Å². The maximum absolute atomic E-state index is 10.8. The van der Waals surface area contributed by atoms with Crippen LogP contribution in [0.15, 0.2) is 22.7 Å². The predicted octanol–water partition coefficient (Wildman–Crippen LogP) is 3.79. The quantitative estimate of drug-likeness (QED) is 0.784. The van der Waals surface area contributed by atoms with Crippen LogP contribution < -0.4 is 0 Å². The van der Waals surface area contributed by atoms with Gasteiger partial charge in [-0.05, 0) is 23.8 Å². The van der Waals surface area contributed by atoms with Crippen LogP contribution >= 0.6 is 23.1 Å². The molecule has 0 bridgehead atoms. The fourth-order valence-electron chi connectivity index (χ4n) is 2.33. The maximum atomic E-state index is 10.8. The summed E-state index contributed by atoms with van der Waals surface area (Å²) in [7, 11) is 0. The van der Waals surface area contributed by atoms with Crippen LogP contribution in [0.4, 0.5) is 0 Å². The molecule has 0 aromatic carbocycles. The minimum Gasteiger partial charge on any atom is -0.481 e. The second-order valence-corrected chi connectivity index (χ2v) is 6.95. The Morgan fingerprint density at radius 2 is 2.24 bits per heavy atom. The minimum absolute atomic E-state index is 0.00287. The van der Waals surface area contributed by atoms with Crippen molar-refractivity contribution in [1.82, 2.24) is 14.8 Å². The Morgan fingerprint density at radius 1 is 1.48 bits per heavy atom. The topological polar surface area (TPSA) is 68.0 Å². The molecule has 2 rings (SSSR count). The molecular formula is C14H19N3O2S2. The molecule has 2 aromatic heterocycles. The predicted molar refractivity (Wildman–Crippen MR) is 85.9 cm³/mol. The third-order valence-electron chi connectivity index (χ3n) is 3.25. The first-order valence-corrected chi connectivity index (χ1v) is 8.74. The van der Waals surface area contributed by atoms with Crippen LogP contribution in [0.1, 0.15) is 33.2 Å². The number of thioether (sulfide) groups is 1. The third-order valence-corrected chi connectivity index (χ3v) is 5.04. The molecule has 5 nitrogen and oxygen atoms in total. The molecule has 1 unspecified atom stereocenters. The van der Waals surface area contributed by atoms with Gasteiger partial charge in [-0.25, -0.2) is 0 Å². The van der Waals surface area contributed by atoms with Crippen LogP contribution in [0.25, 0.3) is 10.7 Å². The summed E-state index contributed by atoms with van der Waals surface area (Å²) < 4.78 is 2.10. The van der Waals surface area contributed by atoms with E-state index in [2.05, 4.69) is 35.5 Å². The van der Waals surface area contributed by atoms with E-state index >= 15 is 0 Å². The summed E-state index contributed by atoms with van der Waals surface area (Å²) >= 11 is 2.85. The lowest BCUT2D eigenvalue weighted by atomic mass is 10.0. The SMILES string of the molecule is CCC(C(C)C)n1c(SCC(=O)O)nnc1-c1cccs1. The van der Waals surface area contributed by atoms with Crippen LogP contribution in [0, 0.1) is 5.92 Å². The Hall–Kier alpha value is -1.34. The Morgan fingerprint density at radius 3 is 2.76 bits per heavy atom. The number of carboxylic acids is 1. The molecule has 0 spiro atoms. The number of carbonyl (C=O) groups is 1.